The molecule has 0 unspecified atom stereocenters. The van der Waals surface area contributed by atoms with Gasteiger partial charge in [0.1, 0.15) is 15.5 Å². The van der Waals surface area contributed by atoms with Crippen molar-refractivity contribution in [2.75, 3.05) is 7.11 Å². The third kappa shape index (κ3) is 3.15. The van der Waals surface area contributed by atoms with Gasteiger partial charge < -0.3 is 9.72 Å². The van der Waals surface area contributed by atoms with Gasteiger partial charge in [0.05, 0.1) is 24.4 Å². The number of aryl methyl sites for hydroxylation is 1. The highest BCUT2D eigenvalue weighted by Gasteiger charge is 2.19. The van der Waals surface area contributed by atoms with Gasteiger partial charge in [0.2, 0.25) is 0 Å². The monoisotopic (exact) mass is 380 g/mol. The molecule has 0 spiro atoms. The van der Waals surface area contributed by atoms with Crippen LogP contribution in [0.4, 0.5) is 0 Å². The molecule has 0 aliphatic heterocycles. The van der Waals surface area contributed by atoms with Gasteiger partial charge in [-0.1, -0.05) is 18.2 Å². The number of carbonyl (C=O) groups excluding carboxylic acids is 1. The van der Waals surface area contributed by atoms with Crippen LogP contribution < -0.4 is 5.56 Å². The van der Waals surface area contributed by atoms with Crippen LogP contribution in [0.3, 0.4) is 0 Å². The van der Waals surface area contributed by atoms with Gasteiger partial charge in [0.25, 0.3) is 5.56 Å². The molecule has 0 saturated heterocycles. The number of carbonyl (C=O) groups is 1. The molecule has 0 aliphatic carbocycles. The van der Waals surface area contributed by atoms with Crippen molar-refractivity contribution in [1.82, 2.24) is 19.7 Å². The van der Waals surface area contributed by atoms with E-state index in [0.717, 1.165) is 11.3 Å². The van der Waals surface area contributed by atoms with Crippen molar-refractivity contribution in [3.05, 3.63) is 74.9 Å². The minimum atomic E-state index is -0.458. The summed E-state index contributed by atoms with van der Waals surface area (Å²) in [6.07, 6.45) is 4.08. The van der Waals surface area contributed by atoms with Gasteiger partial charge in [-0.2, -0.15) is 5.10 Å². The van der Waals surface area contributed by atoms with Gasteiger partial charge in [-0.15, -0.1) is 11.3 Å². The molecule has 8 heteroatoms. The maximum absolute atomic E-state index is 12.5. The first-order chi connectivity index (χ1) is 13.1. The molecule has 0 radical (unpaired) electrons. The SMILES string of the molecule is COC(=O)c1sc2nc(Cc3cnn(-c4ccccc4)c3)[nH]c(=O)c2c1C. The molecule has 136 valence electrons. The molecule has 3 heterocycles. The number of methoxy groups -OCH3 is 1. The van der Waals surface area contributed by atoms with Crippen LogP contribution in [0.2, 0.25) is 0 Å². The lowest BCUT2D eigenvalue weighted by Crippen LogP contribution is -2.12. The summed E-state index contributed by atoms with van der Waals surface area (Å²) in [5.41, 5.74) is 2.22. The number of H-pyrrole nitrogens is 1. The second-order valence-electron chi connectivity index (χ2n) is 6.05. The molecule has 27 heavy (non-hydrogen) atoms. The second kappa shape index (κ2) is 6.81. The summed E-state index contributed by atoms with van der Waals surface area (Å²) in [5.74, 6) is 0.0679. The highest BCUT2D eigenvalue weighted by atomic mass is 32.1. The molecule has 0 aliphatic rings. The van der Waals surface area contributed by atoms with Crippen LogP contribution in [0.5, 0.6) is 0 Å². The molecule has 0 atom stereocenters. The average Bonchev–Trinajstić information content (AvgIpc) is 3.27. The van der Waals surface area contributed by atoms with Gasteiger partial charge >= 0.3 is 5.97 Å². The van der Waals surface area contributed by atoms with Gasteiger partial charge in [-0.05, 0) is 30.2 Å². The van der Waals surface area contributed by atoms with Gasteiger partial charge in [-0.25, -0.2) is 14.5 Å². The Morgan fingerprint density at radius 3 is 2.81 bits per heavy atom. The zero-order valence-electron chi connectivity index (χ0n) is 14.7. The van der Waals surface area contributed by atoms with Crippen molar-refractivity contribution >= 4 is 27.5 Å². The number of hydrogen-bond donors (Lipinski definition) is 1. The van der Waals surface area contributed by atoms with Crippen molar-refractivity contribution in [3.8, 4) is 5.69 Å². The summed E-state index contributed by atoms with van der Waals surface area (Å²) >= 11 is 1.17. The van der Waals surface area contributed by atoms with Crippen LogP contribution in [-0.2, 0) is 11.2 Å². The van der Waals surface area contributed by atoms with Crippen molar-refractivity contribution in [1.29, 1.82) is 0 Å². The van der Waals surface area contributed by atoms with Gasteiger partial charge in [0.15, 0.2) is 0 Å². The average molecular weight is 380 g/mol. The van der Waals surface area contributed by atoms with Crippen molar-refractivity contribution in [2.45, 2.75) is 13.3 Å². The number of fused-ring (bicyclic) bond motifs is 1. The fraction of sp³-hybridized carbons (Fsp3) is 0.158. The fourth-order valence-electron chi connectivity index (χ4n) is 2.93. The van der Waals surface area contributed by atoms with E-state index in [1.807, 2.05) is 36.5 Å². The molecule has 1 N–H and O–H groups in total. The number of hydrogen-bond acceptors (Lipinski definition) is 6. The summed E-state index contributed by atoms with van der Waals surface area (Å²) in [5, 5.41) is 4.79. The summed E-state index contributed by atoms with van der Waals surface area (Å²) in [6.45, 7) is 1.73. The Bertz CT molecular complexity index is 1190. The number of esters is 1. The third-order valence-electron chi connectivity index (χ3n) is 4.25. The number of benzene rings is 1. The Kier molecular flexibility index (Phi) is 4.33. The predicted molar refractivity (Wildman–Crippen MR) is 103 cm³/mol. The predicted octanol–water partition coefficient (Wildman–Crippen LogP) is 2.86. The number of thiophene rings is 1. The molecule has 0 saturated carbocycles. The summed E-state index contributed by atoms with van der Waals surface area (Å²) in [4.78, 5) is 32.6. The fourth-order valence-corrected chi connectivity index (χ4v) is 4.05. The number of nitrogens with one attached hydrogen (secondary N) is 1. The maximum atomic E-state index is 12.5. The van der Waals surface area contributed by atoms with E-state index in [0.29, 0.717) is 32.9 Å². The molecular formula is C19H16N4O3S. The Hall–Kier alpha value is -3.26. The Labute approximate surface area is 158 Å². The molecule has 0 bridgehead atoms. The minimum Gasteiger partial charge on any atom is -0.465 e. The Morgan fingerprint density at radius 1 is 1.30 bits per heavy atom. The van der Waals surface area contributed by atoms with E-state index in [-0.39, 0.29) is 5.56 Å². The molecule has 0 fully saturated rings. The van der Waals surface area contributed by atoms with Crippen LogP contribution in [0.1, 0.15) is 26.6 Å². The van der Waals surface area contributed by atoms with E-state index >= 15 is 0 Å². The lowest BCUT2D eigenvalue weighted by Gasteiger charge is -2.00. The number of aromatic amines is 1. The van der Waals surface area contributed by atoms with E-state index < -0.39 is 5.97 Å². The first-order valence-electron chi connectivity index (χ1n) is 8.26. The highest BCUT2D eigenvalue weighted by molar-refractivity contribution is 7.20. The number of ether oxygens (including phenoxy) is 1. The van der Waals surface area contributed by atoms with Gasteiger partial charge in [0, 0.05) is 12.6 Å². The van der Waals surface area contributed by atoms with Crippen molar-refractivity contribution < 1.29 is 9.53 Å². The lowest BCUT2D eigenvalue weighted by molar-refractivity contribution is 0.0605. The highest BCUT2D eigenvalue weighted by Crippen LogP contribution is 2.27. The molecule has 4 aromatic rings. The topological polar surface area (TPSA) is 89.9 Å². The van der Waals surface area contributed by atoms with E-state index in [1.54, 1.807) is 17.8 Å². The molecule has 4 rings (SSSR count). The smallest absolute Gasteiger partial charge is 0.348 e. The third-order valence-corrected chi connectivity index (χ3v) is 5.41. The Balaban J connectivity index is 1.68. The molecule has 3 aromatic heterocycles. The number of rotatable bonds is 4. The number of para-hydroxylation sites is 1. The largest absolute Gasteiger partial charge is 0.465 e. The quantitative estimate of drug-likeness (QED) is 0.550. The van der Waals surface area contributed by atoms with Gasteiger partial charge in [-0.3, -0.25) is 4.79 Å². The van der Waals surface area contributed by atoms with E-state index in [2.05, 4.69) is 15.1 Å². The lowest BCUT2D eigenvalue weighted by atomic mass is 10.2. The van der Waals surface area contributed by atoms with Crippen molar-refractivity contribution in [2.24, 2.45) is 0 Å². The van der Waals surface area contributed by atoms with Crippen molar-refractivity contribution in [3.63, 3.8) is 0 Å². The molecule has 7 nitrogen and oxygen atoms in total. The maximum Gasteiger partial charge on any atom is 0.348 e. The number of nitrogens with zero attached hydrogens (tertiary/aromatic N) is 3. The van der Waals surface area contributed by atoms with Crippen LogP contribution in [0, 0.1) is 6.92 Å². The standard InChI is InChI=1S/C19H16N4O3S/c1-11-15-17(24)21-14(22-18(15)27-16(11)19(25)26-2)8-12-9-20-23(10-12)13-6-4-3-5-7-13/h3-7,9-10H,8H2,1-2H3,(H,21,22,24). The molecule has 1 aromatic carbocycles. The normalized spacial score (nSPS) is 11.0. The zero-order valence-corrected chi connectivity index (χ0v) is 15.5. The summed E-state index contributed by atoms with van der Waals surface area (Å²) < 4.78 is 6.55. The van der Waals surface area contributed by atoms with E-state index in [1.165, 1.54) is 18.4 Å². The summed E-state index contributed by atoms with van der Waals surface area (Å²) in [7, 11) is 1.32. The number of aromatic nitrogens is 4. The van der Waals surface area contributed by atoms with Crippen LogP contribution in [-0.4, -0.2) is 32.8 Å². The van der Waals surface area contributed by atoms with Crippen LogP contribution in [0.25, 0.3) is 15.9 Å². The first kappa shape index (κ1) is 17.2. The molecule has 0 amide bonds. The van der Waals surface area contributed by atoms with Crippen LogP contribution in [0.15, 0.2) is 47.5 Å². The van der Waals surface area contributed by atoms with E-state index in [4.69, 9.17) is 4.74 Å². The summed E-state index contributed by atoms with van der Waals surface area (Å²) in [6, 6.07) is 9.77. The Morgan fingerprint density at radius 2 is 2.07 bits per heavy atom. The van der Waals surface area contributed by atoms with E-state index in [9.17, 15) is 9.59 Å². The van der Waals surface area contributed by atoms with Crippen LogP contribution >= 0.6 is 11.3 Å². The first-order valence-corrected chi connectivity index (χ1v) is 9.08. The molecular weight excluding hydrogens is 364 g/mol. The second-order valence-corrected chi connectivity index (χ2v) is 7.05. The minimum absolute atomic E-state index is 0.255. The zero-order chi connectivity index (χ0) is 19.0.